The predicted octanol–water partition coefficient (Wildman–Crippen LogP) is 34.8. The van der Waals surface area contributed by atoms with E-state index in [9.17, 15) is 5.11 Å². The van der Waals surface area contributed by atoms with Crippen molar-refractivity contribution in [2.45, 2.75) is 374 Å². The lowest BCUT2D eigenvalue weighted by molar-refractivity contribution is -0.0924. The third-order valence-corrected chi connectivity index (χ3v) is 23.4. The van der Waals surface area contributed by atoms with Gasteiger partial charge in [-0.05, 0) is 290 Å². The Morgan fingerprint density at radius 3 is 0.978 bits per heavy atom. The standard InChI is InChI=1S/2C10H13Cl.C10H21NO.2C10H15N.2C10H14O.C10H14.2C9H13N.C8H17NO.C8H12O.C8H12S.CH4/c1-10(2,3)8-4-6-9(11)7-5-8;1-10(2,3)8-5-4-6-9(11)7-8;1-8-6-11(10(3,4)5)7-9(2)12-8;1-10(2,3)8-4-6-9(11)7-5-8;1-10(2,3)8-5-4-6-9(11)7-8;1-10(2,3)8-4-6-9(11)7-5-8;1-10(2,3)8-5-4-6-9(11)7-8;1-10(2,3)9-7-5-4-6-8-9;1-9(2,3)8-4-6-10-7-5-8;1-9(2,3)8-5-4-6-10-7-8;1-8(2,3)9-4-6-10-7-5-9;2*1-8(2,3)7-4-5-9-6-7;/h2*4-7H,1-3H3;8-9H,6-7H2,1-5H3;2*4-7H,11H2,1-3H3;2*4-7,11H,1-3H3;4-8H,1-3H3;2*4-7H,1-3H3;4-7H2,1-3H3;2*4-6H,1-3H3;1H4. The molecule has 0 aliphatic carbocycles. The van der Waals surface area contributed by atoms with Crippen LogP contribution in [-0.2, 0) is 69.0 Å². The lowest BCUT2D eigenvalue weighted by Crippen LogP contribution is -2.53. The number of rotatable bonds is 0. The van der Waals surface area contributed by atoms with Crippen molar-refractivity contribution in [1.82, 2.24) is 19.8 Å². The number of hydrogen-bond donors (Lipinski definition) is 4. The summed E-state index contributed by atoms with van der Waals surface area (Å²) in [5, 5.41) is 24.2. The maximum Gasteiger partial charge on any atom is 0.115 e. The first-order chi connectivity index (χ1) is 62.0. The van der Waals surface area contributed by atoms with Crippen LogP contribution in [0.4, 0.5) is 11.4 Å². The number of pyridine rings is 2. The number of halogens is 2. The van der Waals surface area contributed by atoms with Gasteiger partial charge in [0.2, 0.25) is 0 Å². The number of phenols is 2. The van der Waals surface area contributed by atoms with Crippen molar-refractivity contribution >= 4 is 45.9 Å². The van der Waals surface area contributed by atoms with E-state index in [1.54, 1.807) is 54.3 Å². The Morgan fingerprint density at radius 2 is 0.686 bits per heavy atom. The lowest BCUT2D eigenvalue weighted by atomic mass is 9.87. The highest BCUT2D eigenvalue weighted by atomic mass is 35.5. The SMILES string of the molecule is C.CC(C)(C)N1CCOCC1.CC(C)(C)c1ccc(Cl)cc1.CC(C)(C)c1ccc(N)cc1.CC(C)(C)c1ccc(O)cc1.CC(C)(C)c1cccc(Cl)c1.CC(C)(C)c1cccc(N)c1.CC(C)(C)c1cccc(O)c1.CC(C)(C)c1ccccc1.CC(C)(C)c1cccnc1.CC(C)(C)c1ccncc1.CC(C)(C)c1ccoc1.CC(C)(C)c1ccsc1.CC1CN(C(C)(C)C)CC(C)O1. The highest BCUT2D eigenvalue weighted by Crippen LogP contribution is 2.32. The number of phenolic OH excluding ortho intramolecular Hbond substituents is 2. The molecule has 0 spiro atoms. The van der Waals surface area contributed by atoms with Gasteiger partial charge in [-0.15, -0.1) is 0 Å². The fourth-order valence-corrected chi connectivity index (χ4v) is 14.0. The smallest absolute Gasteiger partial charge is 0.115 e. The van der Waals surface area contributed by atoms with Crippen molar-refractivity contribution in [3.63, 3.8) is 0 Å². The number of furan rings is 1. The second kappa shape index (κ2) is 58.0. The van der Waals surface area contributed by atoms with Crippen LogP contribution in [0.2, 0.25) is 10.0 Å². The summed E-state index contributed by atoms with van der Waals surface area (Å²) in [5.41, 5.74) is 30.3. The monoisotopic (exact) mass is 1930 g/mol. The van der Waals surface area contributed by atoms with E-state index >= 15 is 0 Å². The molecule has 0 amide bonds. The molecule has 0 radical (unpaired) electrons. The zero-order chi connectivity index (χ0) is 105. The van der Waals surface area contributed by atoms with Gasteiger partial charge in [0.25, 0.3) is 0 Å². The van der Waals surface area contributed by atoms with Crippen molar-refractivity contribution in [1.29, 1.82) is 0 Å². The quantitative estimate of drug-likeness (QED) is 0.107. The van der Waals surface area contributed by atoms with Gasteiger partial charge in [0.1, 0.15) is 11.5 Å². The Bertz CT molecular complexity index is 4510. The summed E-state index contributed by atoms with van der Waals surface area (Å²) in [6, 6.07) is 69.8. The van der Waals surface area contributed by atoms with Crippen LogP contribution in [0.25, 0.3) is 0 Å². The zero-order valence-corrected chi connectivity index (χ0v) is 94.8. The highest BCUT2D eigenvalue weighted by Gasteiger charge is 2.30. The zero-order valence-electron chi connectivity index (χ0n) is 92.5. The first kappa shape index (κ1) is 128. The number of hydrogen-bond acceptors (Lipinski definition) is 12. The summed E-state index contributed by atoms with van der Waals surface area (Å²) < 4.78 is 15.9. The molecule has 6 heterocycles. The van der Waals surface area contributed by atoms with E-state index < -0.39 is 0 Å². The third-order valence-electron chi connectivity index (χ3n) is 22.2. The maximum atomic E-state index is 9.18. The average molecular weight is 1940 g/mol. The molecule has 2 atom stereocenters. The summed E-state index contributed by atoms with van der Waals surface area (Å²) in [6.07, 6.45) is 11.7. The van der Waals surface area contributed by atoms with E-state index in [1.807, 2.05) is 116 Å². The van der Waals surface area contributed by atoms with Crippen LogP contribution in [0, 0.1) is 0 Å². The van der Waals surface area contributed by atoms with E-state index in [0.717, 1.165) is 66.4 Å². The number of ether oxygens (including phenoxy) is 2. The van der Waals surface area contributed by atoms with Crippen LogP contribution < -0.4 is 11.5 Å². The predicted molar refractivity (Wildman–Crippen MR) is 605 cm³/mol. The van der Waals surface area contributed by atoms with Gasteiger partial charge < -0.3 is 35.6 Å². The van der Waals surface area contributed by atoms with Gasteiger partial charge in [0, 0.05) is 83.5 Å². The van der Waals surface area contributed by atoms with Crippen molar-refractivity contribution in [3.05, 3.63) is 332 Å². The van der Waals surface area contributed by atoms with E-state index in [4.69, 9.17) is 53.7 Å². The molecule has 137 heavy (non-hydrogen) atoms. The third kappa shape index (κ3) is 57.1. The number of benzene rings is 7. The molecule has 13 rings (SSSR count). The van der Waals surface area contributed by atoms with Crippen molar-refractivity contribution < 1.29 is 24.1 Å². The van der Waals surface area contributed by atoms with E-state index in [1.165, 1.54) is 55.6 Å². The average Bonchev–Trinajstić information content (AvgIpc) is 1.85. The molecule has 2 saturated heterocycles. The first-order valence-electron chi connectivity index (χ1n) is 48.5. The maximum absolute atomic E-state index is 9.18. The largest absolute Gasteiger partial charge is 0.508 e. The molecule has 7 aromatic carbocycles. The summed E-state index contributed by atoms with van der Waals surface area (Å²) in [6.45, 7) is 96.0. The van der Waals surface area contributed by atoms with Gasteiger partial charge in [0.05, 0.1) is 37.9 Å². The summed E-state index contributed by atoms with van der Waals surface area (Å²) in [5.74, 6) is 0.676. The van der Waals surface area contributed by atoms with Crippen LogP contribution in [0.3, 0.4) is 0 Å². The summed E-state index contributed by atoms with van der Waals surface area (Å²) in [4.78, 5) is 13.0. The fourth-order valence-electron chi connectivity index (χ4n) is 12.8. The molecule has 2 unspecified atom stereocenters. The topological polar surface area (TPSA) is 156 Å². The molecule has 6 N–H and O–H groups in total. The van der Waals surface area contributed by atoms with Gasteiger partial charge >= 0.3 is 0 Å². The van der Waals surface area contributed by atoms with E-state index in [0.29, 0.717) is 40.1 Å². The minimum atomic E-state index is 0. The van der Waals surface area contributed by atoms with Crippen LogP contribution in [-0.4, -0.2) is 92.7 Å². The summed E-state index contributed by atoms with van der Waals surface area (Å²) >= 11 is 13.4. The summed E-state index contributed by atoms with van der Waals surface area (Å²) in [7, 11) is 0. The molecule has 2 fully saturated rings. The molecule has 762 valence electrons. The molecule has 11 aromatic rings. The second-order valence-electron chi connectivity index (χ2n) is 48.6. The number of aromatic nitrogens is 2. The Balaban J connectivity index is 0.00000146. The molecule has 11 nitrogen and oxygen atoms in total. The van der Waals surface area contributed by atoms with Crippen LogP contribution in [0.15, 0.2) is 265 Å². The van der Waals surface area contributed by atoms with Crippen LogP contribution >= 0.6 is 34.5 Å². The van der Waals surface area contributed by atoms with Gasteiger partial charge in [-0.1, -0.05) is 368 Å². The number of nitrogens with zero attached hydrogens (tertiary/aromatic N) is 4. The fraction of sp³-hybridized carbons (Fsp3) is 0.512. The second-order valence-corrected chi connectivity index (χ2v) is 50.2. The molecular formula is C123H190Cl2N6O5S. The Labute approximate surface area is 852 Å². The van der Waals surface area contributed by atoms with Gasteiger partial charge in [-0.3, -0.25) is 19.8 Å². The Hall–Kier alpha value is -8.56. The Kier molecular flexibility index (Phi) is 54.4. The minimum absolute atomic E-state index is 0. The number of nitrogens with two attached hydrogens (primary N) is 2. The molecular weight excluding hydrogens is 1740 g/mol. The van der Waals surface area contributed by atoms with E-state index in [-0.39, 0.29) is 61.7 Å². The van der Waals surface area contributed by atoms with Crippen LogP contribution in [0.1, 0.15) is 352 Å². The van der Waals surface area contributed by atoms with Gasteiger partial charge in [-0.25, -0.2) is 0 Å². The van der Waals surface area contributed by atoms with Gasteiger partial charge in [-0.2, -0.15) is 11.3 Å². The van der Waals surface area contributed by atoms with Crippen molar-refractivity contribution in [2.24, 2.45) is 0 Å². The molecule has 0 bridgehead atoms. The molecule has 2 aliphatic heterocycles. The van der Waals surface area contributed by atoms with Crippen LogP contribution in [0.5, 0.6) is 11.5 Å². The highest BCUT2D eigenvalue weighted by molar-refractivity contribution is 7.08. The minimum Gasteiger partial charge on any atom is -0.508 e. The number of nitrogen functional groups attached to an aromatic ring is 2. The molecule has 0 saturated carbocycles. The van der Waals surface area contributed by atoms with Crippen molar-refractivity contribution in [2.75, 3.05) is 50.9 Å². The molecule has 4 aromatic heterocycles. The van der Waals surface area contributed by atoms with E-state index in [2.05, 4.69) is 405 Å². The molecule has 2 aliphatic rings. The Morgan fingerprint density at radius 1 is 0.321 bits per heavy atom. The number of thiophene rings is 1. The molecule has 14 heteroatoms. The first-order valence-corrected chi connectivity index (χ1v) is 50.2. The normalized spacial score (nSPS) is 14.3. The number of aromatic hydroxyl groups is 2. The number of anilines is 2. The van der Waals surface area contributed by atoms with Gasteiger partial charge in [0.15, 0.2) is 0 Å². The van der Waals surface area contributed by atoms with Crippen molar-refractivity contribution in [3.8, 4) is 11.5 Å². The lowest BCUT2D eigenvalue weighted by Gasteiger charge is -2.43. The number of morpholine rings is 2.